The van der Waals surface area contributed by atoms with E-state index in [1.807, 2.05) is 0 Å². The van der Waals surface area contributed by atoms with Crippen LogP contribution in [-0.2, 0) is 10.2 Å². The molecule has 10 heteroatoms. The fourth-order valence-corrected chi connectivity index (χ4v) is 3.82. The van der Waals surface area contributed by atoms with Crippen molar-refractivity contribution in [2.75, 3.05) is 40.4 Å². The van der Waals surface area contributed by atoms with Crippen molar-refractivity contribution in [3.8, 4) is 11.5 Å². The molecule has 3 rings (SSSR count). The zero-order valence-corrected chi connectivity index (χ0v) is 15.5. The molecule has 2 heterocycles. The molecule has 26 heavy (non-hydrogen) atoms. The summed E-state index contributed by atoms with van der Waals surface area (Å²) >= 11 is 0. The van der Waals surface area contributed by atoms with E-state index in [1.165, 1.54) is 4.31 Å². The predicted octanol–water partition coefficient (Wildman–Crippen LogP) is 0.537. The Bertz CT molecular complexity index is 883. The molecule has 0 unspecified atom stereocenters. The van der Waals surface area contributed by atoms with Crippen molar-refractivity contribution in [3.05, 3.63) is 23.9 Å². The van der Waals surface area contributed by atoms with Gasteiger partial charge in [0.2, 0.25) is 0 Å². The van der Waals surface area contributed by atoms with Gasteiger partial charge in [-0.15, -0.1) is 0 Å². The minimum atomic E-state index is -3.74. The van der Waals surface area contributed by atoms with Crippen LogP contribution in [0.4, 0.5) is 0 Å². The maximum atomic E-state index is 12.8. The number of rotatable bonds is 4. The van der Waals surface area contributed by atoms with Gasteiger partial charge in [-0.3, -0.25) is 4.79 Å². The molecule has 9 nitrogen and oxygen atoms in total. The third kappa shape index (κ3) is 3.62. The van der Waals surface area contributed by atoms with Crippen molar-refractivity contribution in [2.45, 2.75) is 6.42 Å². The number of hydrogen-bond acceptors (Lipinski definition) is 5. The molecule has 142 valence electrons. The third-order valence-electron chi connectivity index (χ3n) is 4.46. The molecule has 0 spiro atoms. The highest BCUT2D eigenvalue weighted by atomic mass is 32.2. The fraction of sp³-hybridized carbons (Fsp3) is 0.438. The van der Waals surface area contributed by atoms with Gasteiger partial charge >= 0.3 is 0 Å². The molecule has 1 saturated heterocycles. The summed E-state index contributed by atoms with van der Waals surface area (Å²) < 4.78 is 34.7. The number of fused-ring (bicyclic) bond motifs is 1. The highest BCUT2D eigenvalue weighted by molar-refractivity contribution is 7.86. The maximum Gasteiger partial charge on any atom is 0.276 e. The van der Waals surface area contributed by atoms with Crippen LogP contribution in [0.2, 0.25) is 0 Å². The smallest absolute Gasteiger partial charge is 0.276 e. The molecule has 1 fully saturated rings. The number of benzene rings is 1. The molecule has 0 saturated carbocycles. The van der Waals surface area contributed by atoms with Gasteiger partial charge in [0.25, 0.3) is 16.1 Å². The number of ether oxygens (including phenoxy) is 2. The van der Waals surface area contributed by atoms with Crippen LogP contribution in [0.1, 0.15) is 16.9 Å². The number of nitrogens with one attached hydrogen (secondary N) is 1. The van der Waals surface area contributed by atoms with E-state index in [-0.39, 0.29) is 19.0 Å². The Morgan fingerprint density at radius 1 is 1.08 bits per heavy atom. The van der Waals surface area contributed by atoms with Crippen molar-refractivity contribution in [2.24, 2.45) is 5.14 Å². The number of methoxy groups -OCH3 is 2. The zero-order valence-electron chi connectivity index (χ0n) is 14.7. The molecule has 1 aromatic carbocycles. The van der Waals surface area contributed by atoms with Crippen LogP contribution in [0.15, 0.2) is 18.2 Å². The summed E-state index contributed by atoms with van der Waals surface area (Å²) in [5.41, 5.74) is 1.19. The molecule has 0 aliphatic carbocycles. The fourth-order valence-electron chi connectivity index (χ4n) is 3.10. The van der Waals surface area contributed by atoms with Gasteiger partial charge in [0.15, 0.2) is 11.5 Å². The van der Waals surface area contributed by atoms with Crippen LogP contribution in [0, 0.1) is 0 Å². The molecule has 0 atom stereocenters. The summed E-state index contributed by atoms with van der Waals surface area (Å²) in [4.78, 5) is 17.5. The Morgan fingerprint density at radius 3 is 2.42 bits per heavy atom. The number of amides is 1. The Hall–Kier alpha value is -2.30. The van der Waals surface area contributed by atoms with Crippen LogP contribution < -0.4 is 14.6 Å². The molecule has 1 aromatic heterocycles. The van der Waals surface area contributed by atoms with Gasteiger partial charge in [-0.2, -0.15) is 12.7 Å². The predicted molar refractivity (Wildman–Crippen MR) is 96.6 cm³/mol. The van der Waals surface area contributed by atoms with E-state index in [2.05, 4.69) is 4.98 Å². The molecule has 2 aromatic rings. The number of hydrogen-bond donors (Lipinski definition) is 2. The van der Waals surface area contributed by atoms with E-state index in [4.69, 9.17) is 14.6 Å². The van der Waals surface area contributed by atoms with E-state index in [0.29, 0.717) is 36.7 Å². The summed E-state index contributed by atoms with van der Waals surface area (Å²) in [6.45, 7) is 1.25. The van der Waals surface area contributed by atoms with Crippen LogP contribution in [-0.4, -0.2) is 68.9 Å². The Morgan fingerprint density at radius 2 is 1.77 bits per heavy atom. The van der Waals surface area contributed by atoms with Crippen molar-refractivity contribution < 1.29 is 22.7 Å². The lowest BCUT2D eigenvalue weighted by Crippen LogP contribution is -2.40. The molecular formula is C16H22N4O5S. The van der Waals surface area contributed by atoms with Gasteiger partial charge in [-0.1, -0.05) is 0 Å². The molecular weight excluding hydrogens is 360 g/mol. The average molecular weight is 382 g/mol. The van der Waals surface area contributed by atoms with E-state index < -0.39 is 10.2 Å². The maximum absolute atomic E-state index is 12.8. The largest absolute Gasteiger partial charge is 0.493 e. The van der Waals surface area contributed by atoms with E-state index in [0.717, 1.165) is 10.9 Å². The second-order valence-corrected chi connectivity index (χ2v) is 7.61. The van der Waals surface area contributed by atoms with Gasteiger partial charge in [0.1, 0.15) is 5.69 Å². The number of carbonyl (C=O) groups excluding carboxylic acids is 1. The highest BCUT2D eigenvalue weighted by Crippen LogP contribution is 2.32. The lowest BCUT2D eigenvalue weighted by molar-refractivity contribution is 0.0759. The molecule has 0 radical (unpaired) electrons. The number of nitrogens with two attached hydrogens (primary N) is 1. The quantitative estimate of drug-likeness (QED) is 0.800. The highest BCUT2D eigenvalue weighted by Gasteiger charge is 2.25. The van der Waals surface area contributed by atoms with Gasteiger partial charge in [0, 0.05) is 43.1 Å². The molecule has 3 N–H and O–H groups in total. The summed E-state index contributed by atoms with van der Waals surface area (Å²) in [5, 5.41) is 6.01. The summed E-state index contributed by atoms with van der Waals surface area (Å²) in [6.07, 6.45) is 0.532. The van der Waals surface area contributed by atoms with Gasteiger partial charge in [-0.05, 0) is 18.6 Å². The lowest BCUT2D eigenvalue weighted by atomic mass is 10.2. The molecule has 1 amide bonds. The van der Waals surface area contributed by atoms with Crippen LogP contribution in [0.5, 0.6) is 11.5 Å². The van der Waals surface area contributed by atoms with Crippen molar-refractivity contribution in [3.63, 3.8) is 0 Å². The van der Waals surface area contributed by atoms with Gasteiger partial charge < -0.3 is 19.4 Å². The SMILES string of the molecule is COc1cc2cc(C(=O)N3CCCN(S(N)(=O)=O)CC3)[nH]c2cc1OC. The van der Waals surface area contributed by atoms with Gasteiger partial charge in [0.05, 0.1) is 14.2 Å². The van der Waals surface area contributed by atoms with Crippen molar-refractivity contribution in [1.82, 2.24) is 14.2 Å². The first-order valence-electron chi connectivity index (χ1n) is 8.15. The number of nitrogens with zero attached hydrogens (tertiary/aromatic N) is 2. The van der Waals surface area contributed by atoms with E-state index in [1.54, 1.807) is 37.3 Å². The second kappa shape index (κ2) is 7.14. The Balaban J connectivity index is 1.83. The lowest BCUT2D eigenvalue weighted by Gasteiger charge is -2.20. The third-order valence-corrected chi connectivity index (χ3v) is 5.54. The number of carbonyl (C=O) groups is 1. The Labute approximate surface area is 151 Å². The summed E-state index contributed by atoms with van der Waals surface area (Å²) in [7, 11) is -0.638. The first kappa shape index (κ1) is 18.5. The van der Waals surface area contributed by atoms with E-state index >= 15 is 0 Å². The monoisotopic (exact) mass is 382 g/mol. The van der Waals surface area contributed by atoms with Crippen LogP contribution >= 0.6 is 0 Å². The normalized spacial score (nSPS) is 16.5. The van der Waals surface area contributed by atoms with Crippen molar-refractivity contribution in [1.29, 1.82) is 0 Å². The molecule has 1 aliphatic heterocycles. The first-order chi connectivity index (χ1) is 12.3. The second-order valence-electron chi connectivity index (χ2n) is 6.07. The molecule has 1 aliphatic rings. The summed E-state index contributed by atoms with van der Waals surface area (Å²) in [6, 6.07) is 5.32. The van der Waals surface area contributed by atoms with Crippen molar-refractivity contribution >= 4 is 27.0 Å². The van der Waals surface area contributed by atoms with Crippen LogP contribution in [0.25, 0.3) is 10.9 Å². The Kier molecular flexibility index (Phi) is 5.08. The average Bonchev–Trinajstić information content (AvgIpc) is 2.84. The number of aromatic nitrogens is 1. The minimum Gasteiger partial charge on any atom is -0.493 e. The van der Waals surface area contributed by atoms with E-state index in [9.17, 15) is 13.2 Å². The molecule has 0 bridgehead atoms. The zero-order chi connectivity index (χ0) is 18.9. The number of aromatic amines is 1. The minimum absolute atomic E-state index is 0.185. The topological polar surface area (TPSA) is 118 Å². The van der Waals surface area contributed by atoms with Crippen LogP contribution in [0.3, 0.4) is 0 Å². The summed E-state index contributed by atoms with van der Waals surface area (Å²) in [5.74, 6) is 0.964. The standard InChI is InChI=1S/C16H22N4O5S/c1-24-14-9-11-8-13(18-12(11)10-15(14)25-2)16(21)19-4-3-5-20(7-6-19)26(17,22)23/h8-10,18H,3-7H2,1-2H3,(H2,17,22,23). The first-order valence-corrected chi connectivity index (χ1v) is 9.65. The number of H-pyrrole nitrogens is 1. The van der Waals surface area contributed by atoms with Gasteiger partial charge in [-0.25, -0.2) is 5.14 Å².